The Morgan fingerprint density at radius 1 is 1.23 bits per heavy atom. The molecule has 1 aromatic heterocycles. The molecule has 1 aliphatic rings. The normalized spacial score (nSPS) is 21.5. The summed E-state index contributed by atoms with van der Waals surface area (Å²) in [6.07, 6.45) is 3.02. The van der Waals surface area contributed by atoms with Gasteiger partial charge in [-0.25, -0.2) is 0 Å². The van der Waals surface area contributed by atoms with Gasteiger partial charge < -0.3 is 10.4 Å². The molecule has 2 N–H and O–H groups in total. The molecule has 0 atom stereocenters. The summed E-state index contributed by atoms with van der Waals surface area (Å²) in [4.78, 5) is 11.0. The number of carboxylic acid groups (broad SMARTS) is 1. The minimum Gasteiger partial charge on any atom is -0.481 e. The highest BCUT2D eigenvalue weighted by Gasteiger charge is 2.26. The predicted octanol–water partition coefficient (Wildman–Crippen LogP) is 2.03. The summed E-state index contributed by atoms with van der Waals surface area (Å²) >= 11 is 0. The van der Waals surface area contributed by atoms with E-state index in [1.54, 1.807) is 4.68 Å². The van der Waals surface area contributed by atoms with Crippen molar-refractivity contribution in [3.8, 4) is 5.69 Å². The van der Waals surface area contributed by atoms with E-state index in [1.165, 1.54) is 5.56 Å². The van der Waals surface area contributed by atoms with Crippen LogP contribution < -0.4 is 5.32 Å². The molecule has 0 aliphatic heterocycles. The maximum atomic E-state index is 11.0. The van der Waals surface area contributed by atoms with Gasteiger partial charge in [0, 0.05) is 6.04 Å². The zero-order valence-electron chi connectivity index (χ0n) is 12.4. The molecule has 7 nitrogen and oxygen atoms in total. The van der Waals surface area contributed by atoms with Gasteiger partial charge >= 0.3 is 5.97 Å². The van der Waals surface area contributed by atoms with Gasteiger partial charge in [0.15, 0.2) is 0 Å². The molecular weight excluding hydrogens is 282 g/mol. The maximum absolute atomic E-state index is 11.0. The topological polar surface area (TPSA) is 92.9 Å². The minimum atomic E-state index is -0.692. The highest BCUT2D eigenvalue weighted by molar-refractivity contribution is 5.70. The SMILES string of the molecule is Cc1ccc(-n2nnnc2NC2CCC(C(=O)O)CC2)cc1. The van der Waals surface area contributed by atoms with Gasteiger partial charge in [0.1, 0.15) is 0 Å². The summed E-state index contributed by atoms with van der Waals surface area (Å²) < 4.78 is 1.67. The van der Waals surface area contributed by atoms with E-state index < -0.39 is 5.97 Å². The van der Waals surface area contributed by atoms with E-state index in [0.717, 1.165) is 18.5 Å². The fraction of sp³-hybridized carbons (Fsp3) is 0.467. The largest absolute Gasteiger partial charge is 0.481 e. The van der Waals surface area contributed by atoms with Crippen LogP contribution in [0, 0.1) is 12.8 Å². The van der Waals surface area contributed by atoms with Crippen molar-refractivity contribution in [3.05, 3.63) is 29.8 Å². The maximum Gasteiger partial charge on any atom is 0.306 e. The predicted molar refractivity (Wildman–Crippen MR) is 80.9 cm³/mol. The van der Waals surface area contributed by atoms with Crippen LogP contribution in [0.15, 0.2) is 24.3 Å². The summed E-state index contributed by atoms with van der Waals surface area (Å²) in [7, 11) is 0. The van der Waals surface area contributed by atoms with Crippen molar-refractivity contribution >= 4 is 11.9 Å². The van der Waals surface area contributed by atoms with E-state index in [0.29, 0.717) is 18.8 Å². The van der Waals surface area contributed by atoms with Crippen LogP contribution >= 0.6 is 0 Å². The van der Waals surface area contributed by atoms with Gasteiger partial charge in [0.2, 0.25) is 5.95 Å². The number of hydrogen-bond acceptors (Lipinski definition) is 5. The number of rotatable bonds is 4. The number of tetrazole rings is 1. The van der Waals surface area contributed by atoms with E-state index in [2.05, 4.69) is 20.8 Å². The van der Waals surface area contributed by atoms with Gasteiger partial charge in [0.05, 0.1) is 11.6 Å². The Morgan fingerprint density at radius 3 is 2.55 bits per heavy atom. The second-order valence-electron chi connectivity index (χ2n) is 5.78. The van der Waals surface area contributed by atoms with Crippen LogP contribution in [0.2, 0.25) is 0 Å². The molecule has 1 heterocycles. The van der Waals surface area contributed by atoms with E-state index in [-0.39, 0.29) is 12.0 Å². The van der Waals surface area contributed by atoms with Crippen LogP contribution in [-0.2, 0) is 4.79 Å². The second-order valence-corrected chi connectivity index (χ2v) is 5.78. The summed E-state index contributed by atoms with van der Waals surface area (Å²) in [5.41, 5.74) is 2.08. The molecule has 22 heavy (non-hydrogen) atoms. The standard InChI is InChI=1S/C15H19N5O2/c1-10-2-8-13(9-3-10)20-15(17-18-19-20)16-12-6-4-11(5-7-12)14(21)22/h2-3,8-9,11-12H,4-7H2,1H3,(H,21,22)(H,16,17,19). The molecule has 0 spiro atoms. The molecule has 116 valence electrons. The van der Waals surface area contributed by atoms with Crippen LogP contribution in [0.25, 0.3) is 5.69 Å². The first-order valence-corrected chi connectivity index (χ1v) is 7.48. The van der Waals surface area contributed by atoms with Gasteiger partial charge in [-0.2, -0.15) is 4.68 Å². The molecule has 2 aromatic rings. The number of anilines is 1. The number of carbonyl (C=O) groups is 1. The Kier molecular flexibility index (Phi) is 4.04. The van der Waals surface area contributed by atoms with Gasteiger partial charge in [-0.05, 0) is 55.2 Å². The fourth-order valence-corrected chi connectivity index (χ4v) is 2.80. The Hall–Kier alpha value is -2.44. The lowest BCUT2D eigenvalue weighted by Crippen LogP contribution is -2.30. The molecule has 0 unspecified atom stereocenters. The third kappa shape index (κ3) is 3.08. The lowest BCUT2D eigenvalue weighted by Gasteiger charge is -2.26. The zero-order chi connectivity index (χ0) is 15.5. The number of nitrogens with zero attached hydrogens (tertiary/aromatic N) is 4. The Bertz CT molecular complexity index is 644. The van der Waals surface area contributed by atoms with Gasteiger partial charge in [-0.3, -0.25) is 4.79 Å². The van der Waals surface area contributed by atoms with Crippen LogP contribution in [0.5, 0.6) is 0 Å². The van der Waals surface area contributed by atoms with E-state index in [9.17, 15) is 4.79 Å². The number of aliphatic carboxylic acids is 1. The summed E-state index contributed by atoms with van der Waals surface area (Å²) in [6, 6.07) is 8.18. The third-order valence-corrected chi connectivity index (χ3v) is 4.16. The summed E-state index contributed by atoms with van der Waals surface area (Å²) in [6.45, 7) is 2.03. The molecule has 1 saturated carbocycles. The van der Waals surface area contributed by atoms with E-state index >= 15 is 0 Å². The molecule has 0 bridgehead atoms. The fourth-order valence-electron chi connectivity index (χ4n) is 2.80. The Labute approximate surface area is 128 Å². The zero-order valence-corrected chi connectivity index (χ0v) is 12.4. The van der Waals surface area contributed by atoms with Crippen molar-refractivity contribution in [1.29, 1.82) is 0 Å². The van der Waals surface area contributed by atoms with Crippen molar-refractivity contribution in [2.24, 2.45) is 5.92 Å². The Balaban J connectivity index is 1.68. The smallest absolute Gasteiger partial charge is 0.306 e. The number of nitrogens with one attached hydrogen (secondary N) is 1. The first-order valence-electron chi connectivity index (χ1n) is 7.48. The molecule has 1 fully saturated rings. The van der Waals surface area contributed by atoms with Crippen molar-refractivity contribution in [2.75, 3.05) is 5.32 Å². The number of hydrogen-bond donors (Lipinski definition) is 2. The lowest BCUT2D eigenvalue weighted by molar-refractivity contribution is -0.142. The van der Waals surface area contributed by atoms with Gasteiger partial charge in [-0.15, -0.1) is 0 Å². The average molecular weight is 301 g/mol. The highest BCUT2D eigenvalue weighted by Crippen LogP contribution is 2.26. The second kappa shape index (κ2) is 6.13. The summed E-state index contributed by atoms with van der Waals surface area (Å²) in [5, 5.41) is 24.2. The van der Waals surface area contributed by atoms with E-state index in [1.807, 2.05) is 31.2 Å². The first kappa shape index (κ1) is 14.5. The van der Waals surface area contributed by atoms with Crippen LogP contribution in [0.3, 0.4) is 0 Å². The van der Waals surface area contributed by atoms with Crippen LogP contribution in [-0.4, -0.2) is 37.3 Å². The molecule has 0 radical (unpaired) electrons. The van der Waals surface area contributed by atoms with E-state index in [4.69, 9.17) is 5.11 Å². The minimum absolute atomic E-state index is 0.214. The van der Waals surface area contributed by atoms with Crippen molar-refractivity contribution in [1.82, 2.24) is 20.2 Å². The summed E-state index contributed by atoms with van der Waals surface area (Å²) in [5.74, 6) is -0.309. The van der Waals surface area contributed by atoms with Gasteiger partial charge in [-0.1, -0.05) is 22.8 Å². The van der Waals surface area contributed by atoms with Crippen LogP contribution in [0.1, 0.15) is 31.2 Å². The van der Waals surface area contributed by atoms with Gasteiger partial charge in [0.25, 0.3) is 0 Å². The van der Waals surface area contributed by atoms with Crippen LogP contribution in [0.4, 0.5) is 5.95 Å². The molecule has 7 heteroatoms. The Morgan fingerprint density at radius 2 is 1.91 bits per heavy atom. The number of carboxylic acids is 1. The number of aromatic nitrogens is 4. The average Bonchev–Trinajstić information content (AvgIpc) is 2.97. The quantitative estimate of drug-likeness (QED) is 0.897. The first-order chi connectivity index (χ1) is 10.6. The molecule has 0 amide bonds. The molecule has 1 aromatic carbocycles. The molecular formula is C15H19N5O2. The molecule has 3 rings (SSSR count). The highest BCUT2D eigenvalue weighted by atomic mass is 16.4. The number of benzene rings is 1. The third-order valence-electron chi connectivity index (χ3n) is 4.16. The van der Waals surface area contributed by atoms with Crippen molar-refractivity contribution < 1.29 is 9.90 Å². The number of aryl methyl sites for hydroxylation is 1. The lowest BCUT2D eigenvalue weighted by atomic mass is 9.86. The van der Waals surface area contributed by atoms with Crippen molar-refractivity contribution in [2.45, 2.75) is 38.6 Å². The molecule has 0 saturated heterocycles. The monoisotopic (exact) mass is 301 g/mol. The van der Waals surface area contributed by atoms with Crippen molar-refractivity contribution in [3.63, 3.8) is 0 Å². The molecule has 1 aliphatic carbocycles.